The van der Waals surface area contributed by atoms with Crippen LogP contribution in [0, 0.1) is 0 Å². The molecule has 0 saturated carbocycles. The molecule has 0 bridgehead atoms. The molecule has 0 unspecified atom stereocenters. The highest BCUT2D eigenvalue weighted by Crippen LogP contribution is 1.98. The van der Waals surface area contributed by atoms with Gasteiger partial charge in [0.05, 0.1) is 12.8 Å². The molecule has 13 heavy (non-hydrogen) atoms. The standard InChI is InChI=1S/C7H10N4O2/c8-6(9)11-7(12)10-4-5-2-1-3-13-5/h1-3H,4H2,(H5,8,9,10,11,12). The van der Waals surface area contributed by atoms with Gasteiger partial charge in [0.2, 0.25) is 0 Å². The number of rotatable bonds is 2. The Morgan fingerprint density at radius 1 is 1.62 bits per heavy atom. The van der Waals surface area contributed by atoms with E-state index in [0.29, 0.717) is 5.76 Å². The van der Waals surface area contributed by atoms with Crippen molar-refractivity contribution < 1.29 is 9.21 Å². The van der Waals surface area contributed by atoms with E-state index in [1.807, 2.05) is 0 Å². The van der Waals surface area contributed by atoms with Gasteiger partial charge in [0.15, 0.2) is 5.96 Å². The summed E-state index contributed by atoms with van der Waals surface area (Å²) in [4.78, 5) is 14.1. The van der Waals surface area contributed by atoms with Crippen LogP contribution in [0.15, 0.2) is 27.8 Å². The van der Waals surface area contributed by atoms with Crippen LogP contribution in [0.3, 0.4) is 0 Å². The summed E-state index contributed by atoms with van der Waals surface area (Å²) >= 11 is 0. The molecule has 6 heteroatoms. The van der Waals surface area contributed by atoms with E-state index in [0.717, 1.165) is 0 Å². The zero-order valence-corrected chi connectivity index (χ0v) is 6.86. The normalized spacial score (nSPS) is 9.23. The minimum atomic E-state index is -0.587. The third-order valence-corrected chi connectivity index (χ3v) is 1.22. The topological polar surface area (TPSA) is 107 Å². The number of guanidine groups is 1. The molecule has 70 valence electrons. The Bertz CT molecular complexity index is 300. The largest absolute Gasteiger partial charge is 0.467 e. The van der Waals surface area contributed by atoms with Crippen molar-refractivity contribution in [1.29, 1.82) is 0 Å². The van der Waals surface area contributed by atoms with E-state index in [4.69, 9.17) is 15.9 Å². The lowest BCUT2D eigenvalue weighted by atomic mass is 10.4. The van der Waals surface area contributed by atoms with Crippen LogP contribution in [0.2, 0.25) is 0 Å². The fourth-order valence-electron chi connectivity index (χ4n) is 0.733. The second kappa shape index (κ2) is 4.15. The van der Waals surface area contributed by atoms with Gasteiger partial charge in [0.25, 0.3) is 0 Å². The average Bonchev–Trinajstić information content (AvgIpc) is 2.51. The summed E-state index contributed by atoms with van der Waals surface area (Å²) in [5, 5.41) is 2.44. The Balaban J connectivity index is 2.35. The summed E-state index contributed by atoms with van der Waals surface area (Å²) in [6, 6.07) is 2.87. The van der Waals surface area contributed by atoms with E-state index >= 15 is 0 Å². The predicted molar refractivity (Wildman–Crippen MR) is 46.8 cm³/mol. The SMILES string of the molecule is NC(N)=NC(=O)NCc1ccco1. The molecule has 2 amide bonds. The van der Waals surface area contributed by atoms with Crippen molar-refractivity contribution in [2.24, 2.45) is 16.5 Å². The smallest absolute Gasteiger partial charge is 0.344 e. The Morgan fingerprint density at radius 3 is 2.92 bits per heavy atom. The first-order valence-corrected chi connectivity index (χ1v) is 3.58. The molecule has 5 N–H and O–H groups in total. The van der Waals surface area contributed by atoms with E-state index in [1.54, 1.807) is 12.1 Å². The lowest BCUT2D eigenvalue weighted by molar-refractivity contribution is 0.248. The van der Waals surface area contributed by atoms with Gasteiger partial charge in [-0.25, -0.2) is 4.79 Å². The maximum atomic E-state index is 10.8. The van der Waals surface area contributed by atoms with Crippen LogP contribution in [-0.2, 0) is 6.54 Å². The van der Waals surface area contributed by atoms with Gasteiger partial charge in [-0.05, 0) is 12.1 Å². The molecule has 0 saturated heterocycles. The molecule has 0 atom stereocenters. The zero-order chi connectivity index (χ0) is 9.68. The molecular formula is C7H10N4O2. The number of urea groups is 1. The molecule has 1 heterocycles. The molecule has 0 aliphatic carbocycles. The number of hydrogen-bond acceptors (Lipinski definition) is 2. The van der Waals surface area contributed by atoms with Crippen LogP contribution >= 0.6 is 0 Å². The summed E-state index contributed by atoms with van der Waals surface area (Å²) < 4.78 is 4.96. The molecular weight excluding hydrogens is 172 g/mol. The van der Waals surface area contributed by atoms with Gasteiger partial charge in [-0.2, -0.15) is 4.99 Å². The minimum absolute atomic E-state index is 0.266. The second-order valence-corrected chi connectivity index (χ2v) is 2.27. The fraction of sp³-hybridized carbons (Fsp3) is 0.143. The van der Waals surface area contributed by atoms with Crippen LogP contribution in [0.5, 0.6) is 0 Å². The summed E-state index contributed by atoms with van der Waals surface area (Å²) in [5.41, 5.74) is 9.97. The van der Waals surface area contributed by atoms with E-state index in [9.17, 15) is 4.79 Å². The lowest BCUT2D eigenvalue weighted by Gasteiger charge is -1.97. The highest BCUT2D eigenvalue weighted by molar-refractivity contribution is 5.90. The van der Waals surface area contributed by atoms with Crippen molar-refractivity contribution >= 4 is 12.0 Å². The van der Waals surface area contributed by atoms with Crippen molar-refractivity contribution in [3.63, 3.8) is 0 Å². The summed E-state index contributed by atoms with van der Waals surface area (Å²) in [7, 11) is 0. The molecule has 1 aromatic heterocycles. The molecule has 0 aliphatic rings. The van der Waals surface area contributed by atoms with Crippen LogP contribution in [-0.4, -0.2) is 12.0 Å². The Morgan fingerprint density at radius 2 is 2.38 bits per heavy atom. The Kier molecular flexibility index (Phi) is 2.91. The highest BCUT2D eigenvalue weighted by Gasteiger charge is 1.99. The zero-order valence-electron chi connectivity index (χ0n) is 6.86. The van der Waals surface area contributed by atoms with Crippen molar-refractivity contribution in [3.05, 3.63) is 24.2 Å². The fourth-order valence-corrected chi connectivity index (χ4v) is 0.733. The predicted octanol–water partition coefficient (Wildman–Crippen LogP) is -0.237. The van der Waals surface area contributed by atoms with Crippen LogP contribution in [0.25, 0.3) is 0 Å². The maximum absolute atomic E-state index is 10.8. The minimum Gasteiger partial charge on any atom is -0.467 e. The van der Waals surface area contributed by atoms with Gasteiger partial charge in [0.1, 0.15) is 5.76 Å². The number of aliphatic imine (C=N–C) groups is 1. The average molecular weight is 182 g/mol. The van der Waals surface area contributed by atoms with Crippen molar-refractivity contribution in [2.45, 2.75) is 6.54 Å². The number of nitrogens with one attached hydrogen (secondary N) is 1. The number of furan rings is 1. The molecule has 0 aliphatic heterocycles. The van der Waals surface area contributed by atoms with Gasteiger partial charge in [-0.1, -0.05) is 0 Å². The first kappa shape index (κ1) is 9.11. The number of carbonyl (C=O) groups is 1. The molecule has 6 nitrogen and oxygen atoms in total. The first-order valence-electron chi connectivity index (χ1n) is 3.58. The Labute approximate surface area is 74.6 Å². The highest BCUT2D eigenvalue weighted by atomic mass is 16.3. The van der Waals surface area contributed by atoms with Crippen LogP contribution in [0.4, 0.5) is 4.79 Å². The molecule has 0 radical (unpaired) electrons. The van der Waals surface area contributed by atoms with Gasteiger partial charge < -0.3 is 21.2 Å². The second-order valence-electron chi connectivity index (χ2n) is 2.27. The molecule has 0 aromatic carbocycles. The number of carbonyl (C=O) groups excluding carboxylic acids is 1. The maximum Gasteiger partial charge on any atom is 0.344 e. The molecule has 1 aromatic rings. The Hall–Kier alpha value is -1.98. The van der Waals surface area contributed by atoms with Crippen molar-refractivity contribution in [1.82, 2.24) is 5.32 Å². The number of hydrogen-bond donors (Lipinski definition) is 3. The summed E-state index contributed by atoms with van der Waals surface area (Å²) in [6.07, 6.45) is 1.52. The van der Waals surface area contributed by atoms with E-state index in [1.165, 1.54) is 6.26 Å². The molecule has 1 rings (SSSR count). The van der Waals surface area contributed by atoms with Crippen LogP contribution < -0.4 is 16.8 Å². The van der Waals surface area contributed by atoms with Gasteiger partial charge in [-0.3, -0.25) is 0 Å². The van der Waals surface area contributed by atoms with Gasteiger partial charge in [0, 0.05) is 0 Å². The number of nitrogens with two attached hydrogens (primary N) is 2. The molecule has 0 spiro atoms. The van der Waals surface area contributed by atoms with Crippen molar-refractivity contribution in [2.75, 3.05) is 0 Å². The van der Waals surface area contributed by atoms with Crippen LogP contribution in [0.1, 0.15) is 5.76 Å². The van der Waals surface area contributed by atoms with E-state index in [2.05, 4.69) is 10.3 Å². The quantitative estimate of drug-likeness (QED) is 0.433. The molecule has 0 fully saturated rings. The third-order valence-electron chi connectivity index (χ3n) is 1.22. The number of amides is 2. The summed E-state index contributed by atoms with van der Waals surface area (Å²) in [5.74, 6) is 0.371. The lowest BCUT2D eigenvalue weighted by Crippen LogP contribution is -2.28. The van der Waals surface area contributed by atoms with Gasteiger partial charge in [-0.15, -0.1) is 0 Å². The monoisotopic (exact) mass is 182 g/mol. The van der Waals surface area contributed by atoms with E-state index in [-0.39, 0.29) is 12.5 Å². The first-order chi connectivity index (χ1) is 6.18. The number of nitrogens with zero attached hydrogens (tertiary/aromatic N) is 1. The van der Waals surface area contributed by atoms with E-state index < -0.39 is 6.03 Å². The summed E-state index contributed by atoms with van der Waals surface area (Å²) in [6.45, 7) is 0.266. The van der Waals surface area contributed by atoms with Gasteiger partial charge >= 0.3 is 6.03 Å². The third kappa shape index (κ3) is 3.28. The van der Waals surface area contributed by atoms with Crippen molar-refractivity contribution in [3.8, 4) is 0 Å².